The number of hydrogen-bond donors (Lipinski definition) is 0. The maximum absolute atomic E-state index is 5.82. The molecule has 0 saturated heterocycles. The predicted molar refractivity (Wildman–Crippen MR) is 60.3 cm³/mol. The molecule has 0 aliphatic carbocycles. The molecule has 0 N–H and O–H groups in total. The van der Waals surface area contributed by atoms with Crippen LogP contribution in [0.5, 0.6) is 0 Å². The van der Waals surface area contributed by atoms with E-state index < -0.39 is 14.3 Å². The third-order valence-corrected chi connectivity index (χ3v) is 9.99. The molecule has 0 bridgehead atoms. The van der Waals surface area contributed by atoms with E-state index in [9.17, 15) is 0 Å². The van der Waals surface area contributed by atoms with E-state index in [4.69, 9.17) is 11.3 Å². The van der Waals surface area contributed by atoms with E-state index in [1.807, 2.05) is 20.8 Å². The van der Waals surface area contributed by atoms with Gasteiger partial charge in [-0.25, -0.2) is 0 Å². The van der Waals surface area contributed by atoms with E-state index in [1.165, 1.54) is 0 Å². The molecule has 0 aromatic carbocycles. The number of rotatable bonds is 6. The summed E-state index contributed by atoms with van der Waals surface area (Å²) in [4.78, 5) is 0. The molecule has 0 unspecified atom stereocenters. The third kappa shape index (κ3) is 3.53. The summed E-state index contributed by atoms with van der Waals surface area (Å²) in [5.41, 5.74) is 0. The second-order valence-electron chi connectivity index (χ2n) is 4.11. The van der Waals surface area contributed by atoms with Gasteiger partial charge >= 0.3 is 91.2 Å². The first-order valence-corrected chi connectivity index (χ1v) is 8.97. The van der Waals surface area contributed by atoms with Crippen molar-refractivity contribution >= 4 is 14.3 Å². The van der Waals surface area contributed by atoms with Crippen LogP contribution in [0.2, 0.25) is 4.25 Å². The van der Waals surface area contributed by atoms with Crippen molar-refractivity contribution in [1.82, 2.24) is 0 Å². The van der Waals surface area contributed by atoms with Crippen LogP contribution in [0.4, 0.5) is 0 Å². The Balaban J connectivity index is 4.73. The van der Waals surface area contributed by atoms with Gasteiger partial charge in [-0.2, -0.15) is 0 Å². The van der Waals surface area contributed by atoms with Gasteiger partial charge < -0.3 is 0 Å². The second-order valence-corrected chi connectivity index (χ2v) is 11.4. The van der Waals surface area contributed by atoms with E-state index in [2.05, 4.69) is 20.8 Å². The molecular formula is C10H24GeO3. The van der Waals surface area contributed by atoms with Crippen LogP contribution < -0.4 is 0 Å². The van der Waals surface area contributed by atoms with Gasteiger partial charge in [0, 0.05) is 0 Å². The summed E-state index contributed by atoms with van der Waals surface area (Å²) in [6.45, 7) is 14.4. The van der Waals surface area contributed by atoms with Crippen LogP contribution in [-0.4, -0.2) is 34.1 Å². The van der Waals surface area contributed by atoms with Gasteiger partial charge in [0.25, 0.3) is 0 Å². The first kappa shape index (κ1) is 14.4. The molecule has 14 heavy (non-hydrogen) atoms. The van der Waals surface area contributed by atoms with Crippen molar-refractivity contribution in [2.75, 3.05) is 19.8 Å². The Bertz CT molecular complexity index is 137. The van der Waals surface area contributed by atoms with E-state index in [1.54, 1.807) is 0 Å². The van der Waals surface area contributed by atoms with Crippen molar-refractivity contribution in [1.29, 1.82) is 0 Å². The van der Waals surface area contributed by atoms with E-state index in [0.29, 0.717) is 19.8 Å². The summed E-state index contributed by atoms with van der Waals surface area (Å²) in [5, 5.41) is 0. The fourth-order valence-electron chi connectivity index (χ4n) is 1.34. The minimum absolute atomic E-state index is 0.0119. The van der Waals surface area contributed by atoms with Crippen molar-refractivity contribution in [2.45, 2.75) is 45.8 Å². The Morgan fingerprint density at radius 1 is 0.786 bits per heavy atom. The first-order chi connectivity index (χ1) is 6.43. The molecule has 86 valence electrons. The molecule has 0 aromatic heterocycles. The summed E-state index contributed by atoms with van der Waals surface area (Å²) in [6.07, 6.45) is 0. The average molecular weight is 265 g/mol. The standard InChI is InChI=1S/C10H24GeO3/c1-7-12-11(13-8-2,14-9-3)10(4,5)6/h7-9H2,1-6H3. The number of hydrogen-bond acceptors (Lipinski definition) is 3. The monoisotopic (exact) mass is 266 g/mol. The molecule has 0 amide bonds. The topological polar surface area (TPSA) is 27.7 Å². The fourth-order valence-corrected chi connectivity index (χ4v) is 6.99. The quantitative estimate of drug-likeness (QED) is 0.691. The van der Waals surface area contributed by atoms with Gasteiger partial charge in [0.1, 0.15) is 0 Å². The molecule has 0 rings (SSSR count). The molecule has 0 aliphatic rings. The van der Waals surface area contributed by atoms with Gasteiger partial charge in [0.15, 0.2) is 0 Å². The molecule has 0 aliphatic heterocycles. The molecule has 0 aromatic rings. The first-order valence-electron chi connectivity index (χ1n) is 5.35. The molecule has 3 nitrogen and oxygen atoms in total. The van der Waals surface area contributed by atoms with Gasteiger partial charge in [-0.3, -0.25) is 0 Å². The Morgan fingerprint density at radius 3 is 1.21 bits per heavy atom. The van der Waals surface area contributed by atoms with Gasteiger partial charge in [0.2, 0.25) is 0 Å². The van der Waals surface area contributed by atoms with E-state index >= 15 is 0 Å². The van der Waals surface area contributed by atoms with Crippen LogP contribution in [0.25, 0.3) is 0 Å². The molecule has 0 spiro atoms. The van der Waals surface area contributed by atoms with Crippen LogP contribution in [0, 0.1) is 0 Å². The fraction of sp³-hybridized carbons (Fsp3) is 1.00. The summed E-state index contributed by atoms with van der Waals surface area (Å²) >= 11 is -3.05. The summed E-state index contributed by atoms with van der Waals surface area (Å²) in [7, 11) is 0. The normalized spacial score (nSPS) is 13.3. The third-order valence-electron chi connectivity index (χ3n) is 1.92. The summed E-state index contributed by atoms with van der Waals surface area (Å²) in [5.74, 6) is 0. The van der Waals surface area contributed by atoms with Crippen molar-refractivity contribution < 1.29 is 11.3 Å². The van der Waals surface area contributed by atoms with Gasteiger partial charge in [-0.1, -0.05) is 0 Å². The van der Waals surface area contributed by atoms with Crippen molar-refractivity contribution in [3.63, 3.8) is 0 Å². The Morgan fingerprint density at radius 2 is 1.07 bits per heavy atom. The van der Waals surface area contributed by atoms with Crippen LogP contribution in [0.3, 0.4) is 0 Å². The Kier molecular flexibility index (Phi) is 6.29. The van der Waals surface area contributed by atoms with Gasteiger partial charge in [0.05, 0.1) is 0 Å². The van der Waals surface area contributed by atoms with Crippen molar-refractivity contribution in [3.8, 4) is 0 Å². The molecule has 0 atom stereocenters. The van der Waals surface area contributed by atoms with Crippen LogP contribution in [0.15, 0.2) is 0 Å². The van der Waals surface area contributed by atoms with Gasteiger partial charge in [-0.15, -0.1) is 0 Å². The Labute approximate surface area is 91.5 Å². The van der Waals surface area contributed by atoms with Crippen molar-refractivity contribution in [3.05, 3.63) is 0 Å². The van der Waals surface area contributed by atoms with Crippen molar-refractivity contribution in [2.24, 2.45) is 0 Å². The molecular weight excluding hydrogens is 241 g/mol. The van der Waals surface area contributed by atoms with Crippen LogP contribution in [0.1, 0.15) is 41.5 Å². The molecule has 0 radical (unpaired) electrons. The van der Waals surface area contributed by atoms with Gasteiger partial charge in [-0.05, 0) is 0 Å². The van der Waals surface area contributed by atoms with E-state index in [-0.39, 0.29) is 4.25 Å². The zero-order valence-electron chi connectivity index (χ0n) is 10.3. The molecule has 0 heterocycles. The van der Waals surface area contributed by atoms with Crippen LogP contribution in [-0.2, 0) is 11.3 Å². The molecule has 0 saturated carbocycles. The van der Waals surface area contributed by atoms with E-state index in [0.717, 1.165) is 0 Å². The molecule has 0 fully saturated rings. The maximum atomic E-state index is 5.82. The average Bonchev–Trinajstić information content (AvgIpc) is 2.03. The minimum atomic E-state index is -3.05. The predicted octanol–water partition coefficient (Wildman–Crippen LogP) is 2.83. The van der Waals surface area contributed by atoms with Crippen LogP contribution >= 0.6 is 0 Å². The summed E-state index contributed by atoms with van der Waals surface area (Å²) < 4.78 is 17.4. The second kappa shape index (κ2) is 6.10. The Hall–Kier alpha value is 0.423. The summed E-state index contributed by atoms with van der Waals surface area (Å²) in [6, 6.07) is 0. The zero-order valence-corrected chi connectivity index (χ0v) is 12.4. The SMILES string of the molecule is CC[O][Ge]([O]CC)([O]CC)[C](C)(C)C. The zero-order chi connectivity index (χ0) is 11.2. The molecule has 4 heteroatoms.